The van der Waals surface area contributed by atoms with Crippen LogP contribution < -0.4 is 0 Å². The third-order valence-corrected chi connectivity index (χ3v) is 6.53. The number of benzene rings is 1. The van der Waals surface area contributed by atoms with E-state index in [1.165, 1.54) is 0 Å². The van der Waals surface area contributed by atoms with E-state index in [2.05, 4.69) is 53.7 Å². The van der Waals surface area contributed by atoms with Gasteiger partial charge in [0.1, 0.15) is 0 Å². The second-order valence-corrected chi connectivity index (χ2v) is 9.54. The lowest BCUT2D eigenvalue weighted by Gasteiger charge is -2.33. The van der Waals surface area contributed by atoms with Gasteiger partial charge in [-0.3, -0.25) is 0 Å². The molecule has 1 aromatic carbocycles. The summed E-state index contributed by atoms with van der Waals surface area (Å²) in [6.45, 7) is 14.3. The van der Waals surface area contributed by atoms with Crippen molar-refractivity contribution in [3.63, 3.8) is 0 Å². The fourth-order valence-corrected chi connectivity index (χ4v) is 4.33. The Bertz CT molecular complexity index is 765. The first-order valence-electron chi connectivity index (χ1n) is 10.5. The minimum atomic E-state index is -0.898. The lowest BCUT2D eigenvalue weighted by Crippen LogP contribution is -2.26. The van der Waals surface area contributed by atoms with Crippen LogP contribution in [-0.2, 0) is 5.41 Å². The minimum absolute atomic E-state index is 0.105. The Morgan fingerprint density at radius 2 is 1.79 bits per heavy atom. The normalized spacial score (nSPS) is 14.8. The molecule has 1 unspecified atom stereocenters. The molecule has 1 rings (SSSR count). The van der Waals surface area contributed by atoms with Gasteiger partial charge in [0.2, 0.25) is 0 Å². The van der Waals surface area contributed by atoms with Crippen LogP contribution in [0.15, 0.2) is 40.8 Å². The summed E-state index contributed by atoms with van der Waals surface area (Å²) in [5, 5.41) is 19.5. The third kappa shape index (κ3) is 6.48. The van der Waals surface area contributed by atoms with Crippen molar-refractivity contribution in [2.75, 3.05) is 0 Å². The van der Waals surface area contributed by atoms with Crippen molar-refractivity contribution >= 4 is 18.6 Å². The van der Waals surface area contributed by atoms with Gasteiger partial charge in [-0.2, -0.15) is 0 Å². The highest BCUT2D eigenvalue weighted by Crippen LogP contribution is 2.42. The van der Waals surface area contributed by atoms with Gasteiger partial charge in [-0.25, -0.2) is 4.79 Å². The summed E-state index contributed by atoms with van der Waals surface area (Å²) in [5.74, 6) is -0.898. The van der Waals surface area contributed by atoms with E-state index in [1.807, 2.05) is 19.1 Å². The van der Waals surface area contributed by atoms with E-state index < -0.39 is 5.97 Å². The number of rotatable bonds is 9. The highest BCUT2D eigenvalue weighted by Gasteiger charge is 2.32. The third-order valence-electron chi connectivity index (χ3n) is 5.98. The molecule has 0 aliphatic rings. The Kier molecular flexibility index (Phi) is 9.23. The van der Waals surface area contributed by atoms with Crippen LogP contribution in [-0.4, -0.2) is 22.3 Å². The molecule has 0 saturated heterocycles. The van der Waals surface area contributed by atoms with Crippen molar-refractivity contribution in [1.82, 2.24) is 0 Å². The number of aryl methyl sites for hydroxylation is 1. The number of carbonyl (C=O) groups is 1. The lowest BCUT2D eigenvalue weighted by molar-refractivity contribution is 0.0565. The summed E-state index contributed by atoms with van der Waals surface area (Å²) in [4.78, 5) is 12.3. The molecule has 1 aromatic rings. The largest absolute Gasteiger partial charge is 0.478 e. The molecule has 0 aliphatic carbocycles. The molecule has 0 spiro atoms. The van der Waals surface area contributed by atoms with Crippen LogP contribution in [0.4, 0.5) is 0 Å². The van der Waals surface area contributed by atoms with Gasteiger partial charge in [-0.15, -0.1) is 12.6 Å². The fourth-order valence-electron chi connectivity index (χ4n) is 3.68. The van der Waals surface area contributed by atoms with Crippen molar-refractivity contribution in [3.8, 4) is 0 Å². The van der Waals surface area contributed by atoms with E-state index in [0.29, 0.717) is 5.56 Å². The molecule has 0 radical (unpaired) electrons. The number of aromatic carboxylic acids is 1. The smallest absolute Gasteiger partial charge is 0.335 e. The van der Waals surface area contributed by atoms with Crippen LogP contribution in [0.3, 0.4) is 0 Å². The fraction of sp³-hybridized carbons (Fsp3) is 0.560. The minimum Gasteiger partial charge on any atom is -0.478 e. The molecule has 3 nitrogen and oxygen atoms in total. The van der Waals surface area contributed by atoms with Gasteiger partial charge < -0.3 is 10.2 Å². The monoisotopic (exact) mass is 418 g/mol. The zero-order valence-corrected chi connectivity index (χ0v) is 19.9. The predicted octanol–water partition coefficient (Wildman–Crippen LogP) is 6.70. The van der Waals surface area contributed by atoms with Crippen LogP contribution in [0.1, 0.15) is 88.7 Å². The molecule has 162 valence electrons. The molecule has 29 heavy (non-hydrogen) atoms. The predicted molar refractivity (Wildman–Crippen MR) is 126 cm³/mol. The Morgan fingerprint density at radius 1 is 1.21 bits per heavy atom. The molecular formula is C25H38O3S. The summed E-state index contributed by atoms with van der Waals surface area (Å²) >= 11 is 4.89. The number of hydrogen-bond donors (Lipinski definition) is 3. The second-order valence-electron chi connectivity index (χ2n) is 9.06. The number of aliphatic hydroxyl groups excluding tert-OH is 1. The Labute approximate surface area is 182 Å². The first kappa shape index (κ1) is 25.5. The zero-order chi connectivity index (χ0) is 22.4. The van der Waals surface area contributed by atoms with E-state index in [-0.39, 0.29) is 16.9 Å². The van der Waals surface area contributed by atoms with Crippen molar-refractivity contribution in [1.29, 1.82) is 0 Å². The van der Waals surface area contributed by atoms with Gasteiger partial charge in [0.25, 0.3) is 0 Å². The molecule has 0 aliphatic heterocycles. The van der Waals surface area contributed by atoms with Crippen LogP contribution in [0.25, 0.3) is 0 Å². The van der Waals surface area contributed by atoms with E-state index in [4.69, 9.17) is 12.6 Å². The average Bonchev–Trinajstić information content (AvgIpc) is 2.62. The quantitative estimate of drug-likeness (QED) is 0.309. The second kappa shape index (κ2) is 10.5. The molecule has 0 bridgehead atoms. The van der Waals surface area contributed by atoms with Crippen molar-refractivity contribution < 1.29 is 15.0 Å². The summed E-state index contributed by atoms with van der Waals surface area (Å²) in [6, 6.07) is 5.61. The molecule has 0 aromatic heterocycles. The number of carboxylic acids is 1. The first-order chi connectivity index (χ1) is 13.4. The van der Waals surface area contributed by atoms with Gasteiger partial charge in [0.15, 0.2) is 0 Å². The molecule has 1 atom stereocenters. The number of carboxylic acid groups (broad SMARTS) is 1. The SMILES string of the molecule is CCC(CC)(/C(S)=C/C(C)=C/CCC(O)C(C)(C)C)c1ccc(C(=O)O)c(C)c1. The molecule has 0 saturated carbocycles. The molecule has 2 N–H and O–H groups in total. The van der Waals surface area contributed by atoms with E-state index in [0.717, 1.165) is 47.3 Å². The van der Waals surface area contributed by atoms with Crippen molar-refractivity contribution in [2.45, 2.75) is 85.7 Å². The van der Waals surface area contributed by atoms with E-state index >= 15 is 0 Å². The number of aliphatic hydroxyl groups is 1. The highest BCUT2D eigenvalue weighted by molar-refractivity contribution is 7.84. The first-order valence-corrected chi connectivity index (χ1v) is 10.9. The summed E-state index contributed by atoms with van der Waals surface area (Å²) in [5.41, 5.74) is 2.99. The molecular weight excluding hydrogens is 380 g/mol. The molecule has 0 heterocycles. The number of hydrogen-bond acceptors (Lipinski definition) is 3. The maximum Gasteiger partial charge on any atom is 0.335 e. The summed E-state index contributed by atoms with van der Waals surface area (Å²) < 4.78 is 0. The highest BCUT2D eigenvalue weighted by atomic mass is 32.1. The Hall–Kier alpha value is -1.52. The topological polar surface area (TPSA) is 57.5 Å². The number of allylic oxidation sites excluding steroid dienone is 4. The molecule has 0 fully saturated rings. The number of thiol groups is 1. The lowest BCUT2D eigenvalue weighted by atomic mass is 9.74. The van der Waals surface area contributed by atoms with E-state index in [1.54, 1.807) is 6.07 Å². The van der Waals surface area contributed by atoms with Gasteiger partial charge >= 0.3 is 5.97 Å². The molecule has 4 heteroatoms. The maximum atomic E-state index is 11.4. The zero-order valence-electron chi connectivity index (χ0n) is 19.0. The van der Waals surface area contributed by atoms with Gasteiger partial charge in [-0.05, 0) is 73.1 Å². The van der Waals surface area contributed by atoms with Gasteiger partial charge in [0.05, 0.1) is 11.7 Å². The van der Waals surface area contributed by atoms with Crippen LogP contribution in [0.5, 0.6) is 0 Å². The van der Waals surface area contributed by atoms with Gasteiger partial charge in [-0.1, -0.05) is 58.4 Å². The van der Waals surface area contributed by atoms with Crippen molar-refractivity contribution in [3.05, 3.63) is 57.5 Å². The Morgan fingerprint density at radius 3 is 2.24 bits per heavy atom. The van der Waals surface area contributed by atoms with Crippen LogP contribution in [0, 0.1) is 12.3 Å². The summed E-state index contributed by atoms with van der Waals surface area (Å²) in [7, 11) is 0. The standard InChI is InChI=1S/C25H38O3S/c1-8-25(9-2,19-13-14-20(23(27)28)18(4)16-19)22(29)15-17(3)11-10-12-21(26)24(5,6)7/h11,13-16,21,26,29H,8-10,12H2,1-7H3,(H,27,28)/b17-11+,22-15-. The van der Waals surface area contributed by atoms with Crippen LogP contribution >= 0.6 is 12.6 Å². The van der Waals surface area contributed by atoms with Crippen LogP contribution in [0.2, 0.25) is 0 Å². The van der Waals surface area contributed by atoms with E-state index in [9.17, 15) is 15.0 Å². The maximum absolute atomic E-state index is 11.4. The van der Waals surface area contributed by atoms with Gasteiger partial charge in [0, 0.05) is 5.41 Å². The average molecular weight is 419 g/mol. The molecule has 0 amide bonds. The van der Waals surface area contributed by atoms with Crippen molar-refractivity contribution in [2.24, 2.45) is 5.41 Å². The Balaban J connectivity index is 3.15. The summed E-state index contributed by atoms with van der Waals surface area (Å²) in [6.07, 6.45) is 7.24.